The number of nitrogens with one attached hydrogen (secondary N) is 1. The monoisotopic (exact) mass is 179 g/mol. The number of fused-ring (bicyclic) bond motifs is 1. The lowest BCUT2D eigenvalue weighted by atomic mass is 9.93. The fourth-order valence-electron chi connectivity index (χ4n) is 1.74. The summed E-state index contributed by atoms with van der Waals surface area (Å²) in [6.07, 6.45) is 1.21. The highest BCUT2D eigenvalue weighted by Crippen LogP contribution is 2.31. The van der Waals surface area contributed by atoms with Gasteiger partial charge in [-0.05, 0) is 29.7 Å². The summed E-state index contributed by atoms with van der Waals surface area (Å²) in [6, 6.07) is 8.52. The fraction of sp³-hybridized carbons (Fsp3) is 0.400. The van der Waals surface area contributed by atoms with Crippen LogP contribution in [-0.4, -0.2) is 12.3 Å². The third-order valence-electron chi connectivity index (χ3n) is 2.43. The average Bonchev–Trinajstić information content (AvgIpc) is 2.17. The fourth-order valence-corrected chi connectivity index (χ4v) is 2.12. The Morgan fingerprint density at radius 1 is 1.42 bits per heavy atom. The largest absolute Gasteiger partial charge is 0.385 e. The Bertz CT molecular complexity index is 272. The van der Waals surface area contributed by atoms with E-state index in [-0.39, 0.29) is 0 Å². The first kappa shape index (κ1) is 7.99. The lowest BCUT2D eigenvalue weighted by molar-refractivity contribution is 0.694. The number of para-hydroxylation sites is 1. The van der Waals surface area contributed by atoms with Gasteiger partial charge in [0.2, 0.25) is 0 Å². The van der Waals surface area contributed by atoms with Crippen molar-refractivity contribution in [3.8, 4) is 0 Å². The molecule has 1 unspecified atom stereocenters. The van der Waals surface area contributed by atoms with Crippen molar-refractivity contribution < 1.29 is 0 Å². The molecule has 1 aliphatic heterocycles. The molecule has 0 fully saturated rings. The number of anilines is 1. The van der Waals surface area contributed by atoms with E-state index in [0.717, 1.165) is 12.3 Å². The van der Waals surface area contributed by atoms with Crippen LogP contribution in [0.3, 0.4) is 0 Å². The van der Waals surface area contributed by atoms with Gasteiger partial charge in [0.1, 0.15) is 0 Å². The summed E-state index contributed by atoms with van der Waals surface area (Å²) in [4.78, 5) is 0. The first-order chi connectivity index (χ1) is 5.92. The number of hydrogen-bond donors (Lipinski definition) is 2. The molecule has 2 rings (SSSR count). The van der Waals surface area contributed by atoms with Crippen LogP contribution in [0, 0.1) is 0 Å². The molecule has 1 aromatic carbocycles. The summed E-state index contributed by atoms with van der Waals surface area (Å²) < 4.78 is 0. The third-order valence-corrected chi connectivity index (χ3v) is 2.87. The first-order valence-electron chi connectivity index (χ1n) is 4.35. The van der Waals surface area contributed by atoms with E-state index in [1.807, 2.05) is 0 Å². The molecular weight excluding hydrogens is 166 g/mol. The van der Waals surface area contributed by atoms with Crippen LogP contribution in [0.1, 0.15) is 17.9 Å². The molecule has 2 heteroatoms. The Morgan fingerprint density at radius 3 is 3.08 bits per heavy atom. The molecule has 0 saturated heterocycles. The van der Waals surface area contributed by atoms with Gasteiger partial charge in [0.15, 0.2) is 0 Å². The molecular formula is C10H13NS. The van der Waals surface area contributed by atoms with Crippen molar-refractivity contribution >= 4 is 18.3 Å². The molecule has 64 valence electrons. The highest BCUT2D eigenvalue weighted by molar-refractivity contribution is 7.80. The number of hydrogen-bond acceptors (Lipinski definition) is 2. The van der Waals surface area contributed by atoms with E-state index >= 15 is 0 Å². The molecule has 0 aromatic heterocycles. The van der Waals surface area contributed by atoms with Crippen LogP contribution in [-0.2, 0) is 0 Å². The van der Waals surface area contributed by atoms with Crippen LogP contribution < -0.4 is 5.32 Å². The molecule has 0 aliphatic carbocycles. The second-order valence-corrected chi connectivity index (χ2v) is 3.55. The lowest BCUT2D eigenvalue weighted by Crippen LogP contribution is -2.17. The zero-order valence-corrected chi connectivity index (χ0v) is 7.85. The predicted octanol–water partition coefficient (Wildman–Crippen LogP) is 2.52. The van der Waals surface area contributed by atoms with E-state index < -0.39 is 0 Å². The highest BCUT2D eigenvalue weighted by atomic mass is 32.1. The van der Waals surface area contributed by atoms with Crippen LogP contribution in [0.15, 0.2) is 24.3 Å². The smallest absolute Gasteiger partial charge is 0.0375 e. The van der Waals surface area contributed by atoms with Gasteiger partial charge in [0.25, 0.3) is 0 Å². The molecule has 1 heterocycles. The SMILES string of the molecule is SCC1CCNc2ccccc21. The first-order valence-corrected chi connectivity index (χ1v) is 4.98. The quantitative estimate of drug-likeness (QED) is 0.631. The second kappa shape index (κ2) is 3.40. The standard InChI is InChI=1S/C10H13NS/c12-7-8-5-6-11-10-4-2-1-3-9(8)10/h1-4,8,11-12H,5-7H2. The van der Waals surface area contributed by atoms with Gasteiger partial charge < -0.3 is 5.32 Å². The number of benzene rings is 1. The Balaban J connectivity index is 2.37. The van der Waals surface area contributed by atoms with Crippen molar-refractivity contribution in [2.24, 2.45) is 0 Å². The summed E-state index contributed by atoms with van der Waals surface area (Å²) in [5, 5.41) is 3.39. The summed E-state index contributed by atoms with van der Waals surface area (Å²) in [7, 11) is 0. The molecule has 0 saturated carbocycles. The van der Waals surface area contributed by atoms with Gasteiger partial charge in [-0.1, -0.05) is 18.2 Å². The van der Waals surface area contributed by atoms with E-state index in [9.17, 15) is 0 Å². The van der Waals surface area contributed by atoms with Gasteiger partial charge in [-0.2, -0.15) is 12.6 Å². The molecule has 0 amide bonds. The molecule has 1 nitrogen and oxygen atoms in total. The van der Waals surface area contributed by atoms with Gasteiger partial charge in [0, 0.05) is 12.2 Å². The molecule has 1 N–H and O–H groups in total. The van der Waals surface area contributed by atoms with E-state index in [1.165, 1.54) is 17.7 Å². The van der Waals surface area contributed by atoms with Gasteiger partial charge >= 0.3 is 0 Å². The minimum atomic E-state index is 0.644. The Morgan fingerprint density at radius 2 is 2.25 bits per heavy atom. The lowest BCUT2D eigenvalue weighted by Gasteiger charge is -2.25. The van der Waals surface area contributed by atoms with Crippen LogP contribution >= 0.6 is 12.6 Å². The molecule has 1 aromatic rings. The highest BCUT2D eigenvalue weighted by Gasteiger charge is 2.17. The second-order valence-electron chi connectivity index (χ2n) is 3.18. The van der Waals surface area contributed by atoms with Gasteiger partial charge in [0.05, 0.1) is 0 Å². The summed E-state index contributed by atoms with van der Waals surface area (Å²) in [5.74, 6) is 1.60. The maximum atomic E-state index is 4.36. The van der Waals surface area contributed by atoms with E-state index in [2.05, 4.69) is 42.2 Å². The van der Waals surface area contributed by atoms with Crippen LogP contribution in [0.5, 0.6) is 0 Å². The van der Waals surface area contributed by atoms with Gasteiger partial charge in [-0.15, -0.1) is 0 Å². The van der Waals surface area contributed by atoms with Gasteiger partial charge in [-0.25, -0.2) is 0 Å². The topological polar surface area (TPSA) is 12.0 Å². The Labute approximate surface area is 78.6 Å². The molecule has 0 bridgehead atoms. The molecule has 1 aliphatic rings. The summed E-state index contributed by atoms with van der Waals surface area (Å²) in [6.45, 7) is 1.09. The van der Waals surface area contributed by atoms with Crippen molar-refractivity contribution in [3.05, 3.63) is 29.8 Å². The molecule has 1 atom stereocenters. The van der Waals surface area contributed by atoms with Crippen molar-refractivity contribution in [3.63, 3.8) is 0 Å². The minimum Gasteiger partial charge on any atom is -0.385 e. The predicted molar refractivity (Wildman–Crippen MR) is 56.1 cm³/mol. The maximum Gasteiger partial charge on any atom is 0.0375 e. The normalized spacial score (nSPS) is 21.2. The molecule has 0 radical (unpaired) electrons. The minimum absolute atomic E-state index is 0.644. The van der Waals surface area contributed by atoms with Crippen molar-refractivity contribution in [1.82, 2.24) is 0 Å². The van der Waals surface area contributed by atoms with E-state index in [0.29, 0.717) is 5.92 Å². The van der Waals surface area contributed by atoms with Crippen molar-refractivity contribution in [2.75, 3.05) is 17.6 Å². The average molecular weight is 179 g/mol. The number of rotatable bonds is 1. The summed E-state index contributed by atoms with van der Waals surface area (Å²) in [5.41, 5.74) is 2.72. The Kier molecular flexibility index (Phi) is 2.26. The molecule has 12 heavy (non-hydrogen) atoms. The van der Waals surface area contributed by atoms with Crippen LogP contribution in [0.25, 0.3) is 0 Å². The van der Waals surface area contributed by atoms with Crippen LogP contribution in [0.4, 0.5) is 5.69 Å². The van der Waals surface area contributed by atoms with Gasteiger partial charge in [-0.3, -0.25) is 0 Å². The third kappa shape index (κ3) is 1.31. The van der Waals surface area contributed by atoms with Crippen molar-refractivity contribution in [2.45, 2.75) is 12.3 Å². The molecule has 0 spiro atoms. The Hall–Kier alpha value is -0.630. The van der Waals surface area contributed by atoms with E-state index in [4.69, 9.17) is 0 Å². The van der Waals surface area contributed by atoms with Crippen LogP contribution in [0.2, 0.25) is 0 Å². The zero-order valence-electron chi connectivity index (χ0n) is 6.96. The maximum absolute atomic E-state index is 4.36. The van der Waals surface area contributed by atoms with Crippen molar-refractivity contribution in [1.29, 1.82) is 0 Å². The summed E-state index contributed by atoms with van der Waals surface area (Å²) >= 11 is 4.36. The number of thiol groups is 1. The van der Waals surface area contributed by atoms with E-state index in [1.54, 1.807) is 0 Å². The zero-order chi connectivity index (χ0) is 8.39.